The zero-order chi connectivity index (χ0) is 19.7. The third-order valence-corrected chi connectivity index (χ3v) is 4.94. The minimum atomic E-state index is -1.13. The van der Waals surface area contributed by atoms with E-state index in [4.69, 9.17) is 0 Å². The van der Waals surface area contributed by atoms with E-state index in [-0.39, 0.29) is 0 Å². The number of aromatic amines is 1. The van der Waals surface area contributed by atoms with Crippen molar-refractivity contribution in [1.82, 2.24) is 20.5 Å². The van der Waals surface area contributed by atoms with E-state index in [0.717, 1.165) is 35.4 Å². The number of amides is 2. The number of aromatic nitrogens is 3. The smallest absolute Gasteiger partial charge is 0.320 e. The average Bonchev–Trinajstić information content (AvgIpc) is 3.01. The van der Waals surface area contributed by atoms with Crippen LogP contribution in [-0.4, -0.2) is 45.0 Å². The fourth-order valence-electron chi connectivity index (χ4n) is 3.33. The second-order valence-electron chi connectivity index (χ2n) is 7.60. The highest BCUT2D eigenvalue weighted by molar-refractivity contribution is 5.94. The van der Waals surface area contributed by atoms with Crippen LogP contribution in [0.25, 0.3) is 10.9 Å². The molecular weight excluding hydrogens is 356 g/mol. The number of aliphatic hydroxyl groups is 1. The van der Waals surface area contributed by atoms with Gasteiger partial charge < -0.3 is 15.3 Å². The molecule has 1 aliphatic rings. The number of anilines is 2. The van der Waals surface area contributed by atoms with Gasteiger partial charge in [-0.2, -0.15) is 5.10 Å². The Morgan fingerprint density at radius 1 is 1.29 bits per heavy atom. The first kappa shape index (κ1) is 18.2. The molecule has 1 saturated heterocycles. The predicted molar refractivity (Wildman–Crippen MR) is 108 cm³/mol. The maximum absolute atomic E-state index is 12.5. The van der Waals surface area contributed by atoms with Crippen LogP contribution in [0.4, 0.5) is 16.4 Å². The topological polar surface area (TPSA) is 106 Å². The lowest BCUT2D eigenvalue weighted by Gasteiger charge is -2.31. The van der Waals surface area contributed by atoms with E-state index in [2.05, 4.69) is 30.7 Å². The molecule has 1 aromatic carbocycles. The summed E-state index contributed by atoms with van der Waals surface area (Å²) in [6, 6.07) is 10.1. The number of nitrogens with zero attached hydrogens (tertiary/aromatic N) is 3. The highest BCUT2D eigenvalue weighted by Crippen LogP contribution is 2.28. The molecule has 3 heterocycles. The maximum Gasteiger partial charge on any atom is 0.320 e. The summed E-state index contributed by atoms with van der Waals surface area (Å²) in [7, 11) is 0. The molecule has 4 N–H and O–H groups in total. The average molecular weight is 380 g/mol. The Morgan fingerprint density at radius 3 is 2.68 bits per heavy atom. The van der Waals surface area contributed by atoms with Gasteiger partial charge in [0.2, 0.25) is 0 Å². The third kappa shape index (κ3) is 3.63. The monoisotopic (exact) mass is 380 g/mol. The van der Waals surface area contributed by atoms with Crippen LogP contribution in [0.3, 0.4) is 0 Å². The zero-order valence-electron chi connectivity index (χ0n) is 15.9. The van der Waals surface area contributed by atoms with Crippen LogP contribution in [0.1, 0.15) is 31.9 Å². The summed E-state index contributed by atoms with van der Waals surface area (Å²) < 4.78 is 0. The summed E-state index contributed by atoms with van der Waals surface area (Å²) in [4.78, 5) is 19.1. The Kier molecular flexibility index (Phi) is 4.64. The van der Waals surface area contributed by atoms with Gasteiger partial charge in [-0.1, -0.05) is 30.3 Å². The Bertz CT molecular complexity index is 975. The van der Waals surface area contributed by atoms with Crippen LogP contribution in [0.2, 0.25) is 0 Å². The van der Waals surface area contributed by atoms with Crippen LogP contribution < -0.4 is 15.5 Å². The lowest BCUT2D eigenvalue weighted by Crippen LogP contribution is -2.43. The fraction of sp³-hybridized carbons (Fsp3) is 0.350. The van der Waals surface area contributed by atoms with E-state index in [1.807, 2.05) is 30.3 Å². The quantitative estimate of drug-likeness (QED) is 0.545. The molecule has 2 aromatic heterocycles. The predicted octanol–water partition coefficient (Wildman–Crippen LogP) is 2.80. The molecule has 1 atom stereocenters. The van der Waals surface area contributed by atoms with Gasteiger partial charge in [0.05, 0.1) is 22.5 Å². The summed E-state index contributed by atoms with van der Waals surface area (Å²) in [5, 5.41) is 24.4. The lowest BCUT2D eigenvalue weighted by atomic mass is 9.92. The summed E-state index contributed by atoms with van der Waals surface area (Å²) in [6.07, 6.45) is 2.89. The summed E-state index contributed by atoms with van der Waals surface area (Å²) in [5.74, 6) is 1.31. The number of rotatable bonds is 5. The Balaban J connectivity index is 1.49. The van der Waals surface area contributed by atoms with Gasteiger partial charge in [-0.25, -0.2) is 9.78 Å². The molecule has 0 radical (unpaired) electrons. The lowest BCUT2D eigenvalue weighted by molar-refractivity contribution is 0.0415. The molecule has 3 aromatic rings. The molecular formula is C20H24N6O2. The van der Waals surface area contributed by atoms with Crippen LogP contribution >= 0.6 is 0 Å². The molecule has 1 fully saturated rings. The van der Waals surface area contributed by atoms with Crippen molar-refractivity contribution in [3.63, 3.8) is 0 Å². The first-order valence-electron chi connectivity index (χ1n) is 9.36. The van der Waals surface area contributed by atoms with Gasteiger partial charge in [0, 0.05) is 25.4 Å². The molecule has 0 spiro atoms. The Morgan fingerprint density at radius 2 is 2.04 bits per heavy atom. The highest BCUT2D eigenvalue weighted by Gasteiger charge is 2.30. The minimum absolute atomic E-state index is 0.409. The Labute approximate surface area is 163 Å². The van der Waals surface area contributed by atoms with Crippen LogP contribution in [0, 0.1) is 0 Å². The molecule has 28 heavy (non-hydrogen) atoms. The van der Waals surface area contributed by atoms with E-state index in [1.165, 1.54) is 6.42 Å². The second-order valence-corrected chi connectivity index (χ2v) is 7.60. The summed E-state index contributed by atoms with van der Waals surface area (Å²) in [5.41, 5.74) is 0.501. The van der Waals surface area contributed by atoms with E-state index in [0.29, 0.717) is 5.82 Å². The minimum Gasteiger partial charge on any atom is -0.388 e. The number of nitrogens with one attached hydrogen (secondary N) is 3. The van der Waals surface area contributed by atoms with Crippen LogP contribution in [0.5, 0.6) is 0 Å². The molecule has 0 saturated carbocycles. The van der Waals surface area contributed by atoms with Crippen molar-refractivity contribution in [3.8, 4) is 0 Å². The molecule has 4 rings (SSSR count). The standard InChI is InChI=1S/C20H24N6O2/c1-20(2,28)17(13-7-4-3-5-8-13)23-19(27)22-16-11-15-14(12-21-16)18(25-24-15)26-9-6-10-26/h3-5,7-8,11-12,17,28H,6,9-10H2,1-2H3,(H,24,25)(H2,21,22,23,27)/t17-/m0/s1. The Hall–Kier alpha value is -3.13. The van der Waals surface area contributed by atoms with Crippen molar-refractivity contribution >= 4 is 28.6 Å². The zero-order valence-corrected chi connectivity index (χ0v) is 15.9. The van der Waals surface area contributed by atoms with Crippen molar-refractivity contribution in [2.45, 2.75) is 31.9 Å². The van der Waals surface area contributed by atoms with Crippen molar-refractivity contribution in [2.24, 2.45) is 0 Å². The number of urea groups is 1. The van der Waals surface area contributed by atoms with Crippen molar-refractivity contribution < 1.29 is 9.90 Å². The molecule has 8 nitrogen and oxygen atoms in total. The van der Waals surface area contributed by atoms with E-state index in [9.17, 15) is 9.90 Å². The van der Waals surface area contributed by atoms with Gasteiger partial charge in [-0.15, -0.1) is 0 Å². The van der Waals surface area contributed by atoms with Gasteiger partial charge in [-0.05, 0) is 25.8 Å². The largest absolute Gasteiger partial charge is 0.388 e. The molecule has 0 aliphatic carbocycles. The van der Waals surface area contributed by atoms with Crippen LogP contribution in [-0.2, 0) is 0 Å². The third-order valence-electron chi connectivity index (χ3n) is 4.94. The van der Waals surface area contributed by atoms with Crippen molar-refractivity contribution in [1.29, 1.82) is 0 Å². The number of hydrogen-bond acceptors (Lipinski definition) is 5. The van der Waals surface area contributed by atoms with E-state index >= 15 is 0 Å². The first-order valence-corrected chi connectivity index (χ1v) is 9.36. The fourth-order valence-corrected chi connectivity index (χ4v) is 3.33. The van der Waals surface area contributed by atoms with Crippen molar-refractivity contribution in [2.75, 3.05) is 23.3 Å². The number of pyridine rings is 1. The van der Waals surface area contributed by atoms with Gasteiger partial charge in [0.25, 0.3) is 0 Å². The van der Waals surface area contributed by atoms with E-state index in [1.54, 1.807) is 26.1 Å². The number of benzene rings is 1. The number of carbonyl (C=O) groups excluding carboxylic acids is 1. The van der Waals surface area contributed by atoms with E-state index < -0.39 is 17.7 Å². The van der Waals surface area contributed by atoms with Gasteiger partial charge in [0.15, 0.2) is 5.82 Å². The van der Waals surface area contributed by atoms with Crippen LogP contribution in [0.15, 0.2) is 42.6 Å². The van der Waals surface area contributed by atoms with Gasteiger partial charge in [-0.3, -0.25) is 10.4 Å². The van der Waals surface area contributed by atoms with Crippen molar-refractivity contribution in [3.05, 3.63) is 48.2 Å². The molecule has 2 amide bonds. The molecule has 8 heteroatoms. The second kappa shape index (κ2) is 7.12. The number of H-pyrrole nitrogens is 1. The normalized spacial score (nSPS) is 15.2. The van der Waals surface area contributed by atoms with Gasteiger partial charge in [0.1, 0.15) is 5.82 Å². The highest BCUT2D eigenvalue weighted by atomic mass is 16.3. The SMILES string of the molecule is CC(C)(O)[C@@H](NC(=O)Nc1cc2[nH]nc(N3CCC3)c2cn1)c1ccccc1. The summed E-state index contributed by atoms with van der Waals surface area (Å²) in [6.45, 7) is 5.33. The van der Waals surface area contributed by atoms with Gasteiger partial charge >= 0.3 is 6.03 Å². The molecule has 0 unspecified atom stereocenters. The number of carbonyl (C=O) groups is 1. The maximum atomic E-state index is 12.5. The number of fused-ring (bicyclic) bond motifs is 1. The molecule has 1 aliphatic heterocycles. The molecule has 146 valence electrons. The summed E-state index contributed by atoms with van der Waals surface area (Å²) >= 11 is 0. The first-order chi connectivity index (χ1) is 13.4. The molecule has 0 bridgehead atoms. The number of hydrogen-bond donors (Lipinski definition) is 4.